The SMILES string of the molecule is CCOCc1nc(NC)cc(SCC(C)CO)n1. The van der Waals surface area contributed by atoms with Crippen molar-refractivity contribution in [3.05, 3.63) is 11.9 Å². The first kappa shape index (κ1) is 15.2. The van der Waals surface area contributed by atoms with Gasteiger partial charge < -0.3 is 15.2 Å². The quantitative estimate of drug-likeness (QED) is 0.555. The fourth-order valence-corrected chi connectivity index (χ4v) is 2.14. The molecule has 5 nitrogen and oxygen atoms in total. The molecule has 0 aliphatic rings. The number of aliphatic hydroxyl groups excluding tert-OH is 1. The lowest BCUT2D eigenvalue weighted by Gasteiger charge is -2.09. The zero-order valence-electron chi connectivity index (χ0n) is 11.1. The Balaban J connectivity index is 2.70. The van der Waals surface area contributed by atoms with E-state index in [2.05, 4.69) is 15.3 Å². The van der Waals surface area contributed by atoms with Crippen molar-refractivity contribution in [2.75, 3.05) is 31.3 Å². The number of aromatic nitrogens is 2. The number of hydrogen-bond donors (Lipinski definition) is 2. The Labute approximate surface area is 112 Å². The minimum absolute atomic E-state index is 0.197. The summed E-state index contributed by atoms with van der Waals surface area (Å²) in [5.74, 6) is 2.57. The summed E-state index contributed by atoms with van der Waals surface area (Å²) in [6.07, 6.45) is 0. The Kier molecular flexibility index (Phi) is 7.00. The zero-order chi connectivity index (χ0) is 13.4. The molecule has 0 radical (unpaired) electrons. The van der Waals surface area contributed by atoms with E-state index in [0.717, 1.165) is 16.6 Å². The smallest absolute Gasteiger partial charge is 0.157 e. The van der Waals surface area contributed by atoms with Crippen LogP contribution in [0.1, 0.15) is 19.7 Å². The van der Waals surface area contributed by atoms with E-state index in [1.165, 1.54) is 0 Å². The molecule has 6 heteroatoms. The average Bonchev–Trinajstić information content (AvgIpc) is 2.42. The van der Waals surface area contributed by atoms with Gasteiger partial charge in [-0.15, -0.1) is 11.8 Å². The summed E-state index contributed by atoms with van der Waals surface area (Å²) in [6.45, 7) is 5.23. The van der Waals surface area contributed by atoms with Crippen LogP contribution in [0.3, 0.4) is 0 Å². The third kappa shape index (κ3) is 5.20. The van der Waals surface area contributed by atoms with Crippen molar-refractivity contribution in [2.45, 2.75) is 25.5 Å². The van der Waals surface area contributed by atoms with Gasteiger partial charge in [0, 0.05) is 32.1 Å². The third-order valence-corrected chi connectivity index (χ3v) is 3.51. The summed E-state index contributed by atoms with van der Waals surface area (Å²) >= 11 is 1.62. The van der Waals surface area contributed by atoms with Crippen molar-refractivity contribution < 1.29 is 9.84 Å². The Bertz CT molecular complexity index is 363. The monoisotopic (exact) mass is 271 g/mol. The first-order valence-corrected chi connectivity index (χ1v) is 7.05. The summed E-state index contributed by atoms with van der Waals surface area (Å²) in [4.78, 5) is 8.76. The molecule has 1 unspecified atom stereocenters. The molecule has 1 aromatic rings. The molecule has 2 N–H and O–H groups in total. The summed E-state index contributed by atoms with van der Waals surface area (Å²) in [5, 5.41) is 12.9. The van der Waals surface area contributed by atoms with Crippen molar-refractivity contribution >= 4 is 17.6 Å². The highest BCUT2D eigenvalue weighted by Gasteiger charge is 2.07. The van der Waals surface area contributed by atoms with Gasteiger partial charge in [-0.3, -0.25) is 0 Å². The molecular formula is C12H21N3O2S. The highest BCUT2D eigenvalue weighted by Crippen LogP contribution is 2.21. The van der Waals surface area contributed by atoms with E-state index in [1.807, 2.05) is 27.0 Å². The topological polar surface area (TPSA) is 67.3 Å². The molecule has 0 saturated heterocycles. The van der Waals surface area contributed by atoms with E-state index in [1.54, 1.807) is 11.8 Å². The molecule has 0 bridgehead atoms. The molecule has 1 aromatic heterocycles. The van der Waals surface area contributed by atoms with Gasteiger partial charge in [0.05, 0.1) is 0 Å². The molecule has 0 aromatic carbocycles. The Morgan fingerprint density at radius 2 is 2.28 bits per heavy atom. The van der Waals surface area contributed by atoms with Crippen LogP contribution in [0.15, 0.2) is 11.1 Å². The third-order valence-electron chi connectivity index (χ3n) is 2.27. The van der Waals surface area contributed by atoms with E-state index < -0.39 is 0 Å². The van der Waals surface area contributed by atoms with Crippen LogP contribution < -0.4 is 5.32 Å². The number of ether oxygens (including phenoxy) is 1. The van der Waals surface area contributed by atoms with Gasteiger partial charge in [0.1, 0.15) is 17.5 Å². The lowest BCUT2D eigenvalue weighted by molar-refractivity contribution is 0.128. The van der Waals surface area contributed by atoms with Crippen molar-refractivity contribution in [1.29, 1.82) is 0 Å². The standard InChI is InChI=1S/C12H21N3O2S/c1-4-17-7-11-14-10(13-3)5-12(15-11)18-8-9(2)6-16/h5,9,16H,4,6-8H2,1-3H3,(H,13,14,15). The summed E-state index contributed by atoms with van der Waals surface area (Å²) < 4.78 is 5.32. The van der Waals surface area contributed by atoms with E-state index in [9.17, 15) is 0 Å². The van der Waals surface area contributed by atoms with Crippen LogP contribution in [0, 0.1) is 5.92 Å². The van der Waals surface area contributed by atoms with Gasteiger partial charge in [0.2, 0.25) is 0 Å². The van der Waals surface area contributed by atoms with Crippen LogP contribution in [-0.4, -0.2) is 41.1 Å². The second-order valence-electron chi connectivity index (χ2n) is 3.99. The molecule has 1 atom stereocenters. The van der Waals surface area contributed by atoms with Crippen LogP contribution >= 0.6 is 11.8 Å². The minimum Gasteiger partial charge on any atom is -0.396 e. The fourth-order valence-electron chi connectivity index (χ4n) is 1.21. The van der Waals surface area contributed by atoms with Crippen molar-refractivity contribution in [3.8, 4) is 0 Å². The van der Waals surface area contributed by atoms with Crippen LogP contribution in [0.25, 0.3) is 0 Å². The maximum Gasteiger partial charge on any atom is 0.157 e. The van der Waals surface area contributed by atoms with Crippen LogP contribution in [0.2, 0.25) is 0 Å². The second-order valence-corrected chi connectivity index (χ2v) is 5.03. The molecular weight excluding hydrogens is 250 g/mol. The molecule has 102 valence electrons. The number of rotatable bonds is 8. The number of nitrogens with one attached hydrogen (secondary N) is 1. The highest BCUT2D eigenvalue weighted by molar-refractivity contribution is 7.99. The fraction of sp³-hybridized carbons (Fsp3) is 0.667. The van der Waals surface area contributed by atoms with Gasteiger partial charge in [-0.2, -0.15) is 0 Å². The van der Waals surface area contributed by atoms with Gasteiger partial charge in [0.25, 0.3) is 0 Å². The maximum absolute atomic E-state index is 9.01. The van der Waals surface area contributed by atoms with Gasteiger partial charge in [0.15, 0.2) is 5.82 Å². The largest absolute Gasteiger partial charge is 0.396 e. The first-order valence-electron chi connectivity index (χ1n) is 6.06. The molecule has 0 aliphatic heterocycles. The molecule has 0 saturated carbocycles. The molecule has 0 fully saturated rings. The number of thioether (sulfide) groups is 1. The Hall–Kier alpha value is -0.850. The molecule has 0 aliphatic carbocycles. The van der Waals surface area contributed by atoms with Crippen molar-refractivity contribution in [3.63, 3.8) is 0 Å². The first-order chi connectivity index (χ1) is 8.69. The number of aliphatic hydroxyl groups is 1. The summed E-state index contributed by atoms with van der Waals surface area (Å²) in [5.41, 5.74) is 0. The Morgan fingerprint density at radius 3 is 2.89 bits per heavy atom. The average molecular weight is 271 g/mol. The van der Waals surface area contributed by atoms with Gasteiger partial charge in [-0.1, -0.05) is 6.92 Å². The second kappa shape index (κ2) is 8.29. The lowest BCUT2D eigenvalue weighted by atomic mass is 10.2. The zero-order valence-corrected chi connectivity index (χ0v) is 12.0. The normalized spacial score (nSPS) is 12.4. The van der Waals surface area contributed by atoms with E-state index in [-0.39, 0.29) is 12.5 Å². The predicted molar refractivity (Wildman–Crippen MR) is 73.9 cm³/mol. The molecule has 18 heavy (non-hydrogen) atoms. The van der Waals surface area contributed by atoms with E-state index in [4.69, 9.17) is 9.84 Å². The van der Waals surface area contributed by atoms with Crippen LogP contribution in [0.4, 0.5) is 5.82 Å². The van der Waals surface area contributed by atoms with Crippen molar-refractivity contribution in [2.24, 2.45) is 5.92 Å². The lowest BCUT2D eigenvalue weighted by Crippen LogP contribution is -2.06. The molecule has 0 amide bonds. The Morgan fingerprint density at radius 1 is 1.50 bits per heavy atom. The maximum atomic E-state index is 9.01. The highest BCUT2D eigenvalue weighted by atomic mass is 32.2. The van der Waals surface area contributed by atoms with Crippen LogP contribution in [-0.2, 0) is 11.3 Å². The van der Waals surface area contributed by atoms with Gasteiger partial charge >= 0.3 is 0 Å². The number of nitrogens with zero attached hydrogens (tertiary/aromatic N) is 2. The van der Waals surface area contributed by atoms with E-state index >= 15 is 0 Å². The summed E-state index contributed by atoms with van der Waals surface area (Å²) in [7, 11) is 1.83. The van der Waals surface area contributed by atoms with Gasteiger partial charge in [-0.25, -0.2) is 9.97 Å². The van der Waals surface area contributed by atoms with Crippen molar-refractivity contribution in [1.82, 2.24) is 9.97 Å². The molecule has 0 spiro atoms. The summed E-state index contributed by atoms with van der Waals surface area (Å²) in [6, 6.07) is 1.91. The van der Waals surface area contributed by atoms with Gasteiger partial charge in [-0.05, 0) is 12.8 Å². The molecule has 1 rings (SSSR count). The predicted octanol–water partition coefficient (Wildman–Crippen LogP) is 1.78. The minimum atomic E-state index is 0.197. The molecule has 1 heterocycles. The van der Waals surface area contributed by atoms with Crippen LogP contribution in [0.5, 0.6) is 0 Å². The van der Waals surface area contributed by atoms with E-state index in [0.29, 0.717) is 19.0 Å². The number of anilines is 1. The number of hydrogen-bond acceptors (Lipinski definition) is 6.